The highest BCUT2D eigenvalue weighted by Crippen LogP contribution is 2.18. The number of nitrogens with zero attached hydrogens (tertiary/aromatic N) is 2. The van der Waals surface area contributed by atoms with Gasteiger partial charge in [-0.3, -0.25) is 4.79 Å². The molecule has 0 spiro atoms. The molecule has 0 fully saturated rings. The van der Waals surface area contributed by atoms with Gasteiger partial charge in [0.2, 0.25) is 0 Å². The second kappa shape index (κ2) is 7.82. The van der Waals surface area contributed by atoms with Crippen LogP contribution < -0.4 is 5.32 Å². The smallest absolute Gasteiger partial charge is 0.303 e. The van der Waals surface area contributed by atoms with Crippen LogP contribution in [-0.2, 0) is 4.79 Å². The quantitative estimate of drug-likeness (QED) is 0.764. The molecule has 0 aliphatic heterocycles. The van der Waals surface area contributed by atoms with E-state index < -0.39 is 5.97 Å². The van der Waals surface area contributed by atoms with E-state index in [0.717, 1.165) is 17.9 Å². The number of hydrogen-bond acceptors (Lipinski definition) is 4. The molecule has 5 nitrogen and oxygen atoms in total. The zero-order valence-corrected chi connectivity index (χ0v) is 12.8. The lowest BCUT2D eigenvalue weighted by atomic mass is 9.94. The van der Waals surface area contributed by atoms with E-state index in [0.29, 0.717) is 18.4 Å². The summed E-state index contributed by atoms with van der Waals surface area (Å²) in [6.07, 6.45) is 2.63. The lowest BCUT2D eigenvalue weighted by Gasteiger charge is -2.18. The molecule has 1 rings (SSSR count). The van der Waals surface area contributed by atoms with Gasteiger partial charge in [0.05, 0.1) is 0 Å². The normalized spacial score (nSPS) is 12.7. The molecule has 1 aromatic heterocycles. The Morgan fingerprint density at radius 1 is 1.30 bits per heavy atom. The molecule has 0 saturated heterocycles. The zero-order chi connectivity index (χ0) is 15.1. The summed E-state index contributed by atoms with van der Waals surface area (Å²) in [5, 5.41) is 12.2. The molecule has 20 heavy (non-hydrogen) atoms. The Balaban J connectivity index is 2.61. The first kappa shape index (κ1) is 16.4. The lowest BCUT2D eigenvalue weighted by Crippen LogP contribution is -2.20. The predicted molar refractivity (Wildman–Crippen MR) is 79.8 cm³/mol. The van der Waals surface area contributed by atoms with Crippen LogP contribution >= 0.6 is 0 Å². The second-order valence-electron chi connectivity index (χ2n) is 5.96. The van der Waals surface area contributed by atoms with Crippen LogP contribution in [0.3, 0.4) is 0 Å². The van der Waals surface area contributed by atoms with Crippen LogP contribution in [0, 0.1) is 11.8 Å². The standard InChI is InChI=1S/C15H25N3O2/c1-10(2)5-12(6-15(19)20)8-16-14-7-13(11(3)4)17-9-18-14/h7,9-12H,5-6,8H2,1-4H3,(H,19,20)(H,16,17,18). The Morgan fingerprint density at radius 2 is 2.00 bits per heavy atom. The van der Waals surface area contributed by atoms with Crippen molar-refractivity contribution in [3.8, 4) is 0 Å². The molecular formula is C15H25N3O2. The molecule has 1 unspecified atom stereocenters. The van der Waals surface area contributed by atoms with E-state index in [4.69, 9.17) is 5.11 Å². The van der Waals surface area contributed by atoms with Gasteiger partial charge in [0.15, 0.2) is 0 Å². The highest BCUT2D eigenvalue weighted by Gasteiger charge is 2.15. The fourth-order valence-electron chi connectivity index (χ4n) is 2.19. The van der Waals surface area contributed by atoms with Crippen molar-refractivity contribution in [2.24, 2.45) is 11.8 Å². The number of aromatic nitrogens is 2. The van der Waals surface area contributed by atoms with Gasteiger partial charge in [-0.05, 0) is 24.2 Å². The SMILES string of the molecule is CC(C)CC(CNc1cc(C(C)C)ncn1)CC(=O)O. The third-order valence-corrected chi connectivity index (χ3v) is 3.12. The van der Waals surface area contributed by atoms with E-state index in [9.17, 15) is 4.79 Å². The minimum atomic E-state index is -0.747. The number of aliphatic carboxylic acids is 1. The van der Waals surface area contributed by atoms with Gasteiger partial charge in [0, 0.05) is 24.7 Å². The van der Waals surface area contributed by atoms with Crippen molar-refractivity contribution in [2.75, 3.05) is 11.9 Å². The van der Waals surface area contributed by atoms with Crippen LogP contribution in [0.5, 0.6) is 0 Å². The second-order valence-corrected chi connectivity index (χ2v) is 5.96. The molecule has 1 atom stereocenters. The minimum absolute atomic E-state index is 0.116. The molecule has 0 saturated carbocycles. The summed E-state index contributed by atoms with van der Waals surface area (Å²) < 4.78 is 0. The first-order chi connectivity index (χ1) is 9.38. The van der Waals surface area contributed by atoms with Crippen molar-refractivity contribution in [3.63, 3.8) is 0 Å². The third kappa shape index (κ3) is 5.99. The number of anilines is 1. The van der Waals surface area contributed by atoms with Gasteiger partial charge in [0.25, 0.3) is 0 Å². The maximum absolute atomic E-state index is 10.9. The number of nitrogens with one attached hydrogen (secondary N) is 1. The van der Waals surface area contributed by atoms with E-state index in [1.54, 1.807) is 6.33 Å². The Labute approximate surface area is 120 Å². The van der Waals surface area contributed by atoms with Gasteiger partial charge in [-0.15, -0.1) is 0 Å². The Morgan fingerprint density at radius 3 is 2.55 bits per heavy atom. The van der Waals surface area contributed by atoms with Crippen LogP contribution in [-0.4, -0.2) is 27.6 Å². The van der Waals surface area contributed by atoms with E-state index in [1.165, 1.54) is 0 Å². The molecule has 0 aliphatic rings. The van der Waals surface area contributed by atoms with Crippen molar-refractivity contribution in [1.29, 1.82) is 0 Å². The van der Waals surface area contributed by atoms with Gasteiger partial charge >= 0.3 is 5.97 Å². The van der Waals surface area contributed by atoms with Crippen molar-refractivity contribution in [1.82, 2.24) is 9.97 Å². The molecule has 5 heteroatoms. The van der Waals surface area contributed by atoms with Crippen molar-refractivity contribution >= 4 is 11.8 Å². The average Bonchev–Trinajstić information content (AvgIpc) is 2.35. The highest BCUT2D eigenvalue weighted by atomic mass is 16.4. The van der Waals surface area contributed by atoms with Crippen LogP contribution in [0.4, 0.5) is 5.82 Å². The number of carboxylic acid groups (broad SMARTS) is 1. The maximum Gasteiger partial charge on any atom is 0.303 e. The monoisotopic (exact) mass is 279 g/mol. The predicted octanol–water partition coefficient (Wildman–Crippen LogP) is 3.15. The fraction of sp³-hybridized carbons (Fsp3) is 0.667. The Hall–Kier alpha value is -1.65. The van der Waals surface area contributed by atoms with Gasteiger partial charge in [0.1, 0.15) is 12.1 Å². The number of rotatable bonds is 8. The summed E-state index contributed by atoms with van der Waals surface area (Å²) in [6, 6.07) is 1.93. The summed E-state index contributed by atoms with van der Waals surface area (Å²) in [5.41, 5.74) is 0.987. The lowest BCUT2D eigenvalue weighted by molar-refractivity contribution is -0.138. The fourth-order valence-corrected chi connectivity index (χ4v) is 2.19. The van der Waals surface area contributed by atoms with Gasteiger partial charge in [-0.1, -0.05) is 27.7 Å². The Kier molecular flexibility index (Phi) is 6.42. The van der Waals surface area contributed by atoms with Crippen LogP contribution in [0.25, 0.3) is 0 Å². The molecule has 2 N–H and O–H groups in total. The maximum atomic E-state index is 10.9. The third-order valence-electron chi connectivity index (χ3n) is 3.12. The molecule has 0 radical (unpaired) electrons. The molecule has 1 heterocycles. The summed E-state index contributed by atoms with van der Waals surface area (Å²) >= 11 is 0. The van der Waals surface area contributed by atoms with Gasteiger partial charge in [-0.25, -0.2) is 9.97 Å². The number of carbonyl (C=O) groups is 1. The van der Waals surface area contributed by atoms with Crippen LogP contribution in [0.15, 0.2) is 12.4 Å². The molecule has 112 valence electrons. The zero-order valence-electron chi connectivity index (χ0n) is 12.8. The summed E-state index contributed by atoms with van der Waals surface area (Å²) in [5.74, 6) is 0.970. The first-order valence-corrected chi connectivity index (χ1v) is 7.16. The van der Waals surface area contributed by atoms with E-state index in [1.807, 2.05) is 6.07 Å². The summed E-state index contributed by atoms with van der Waals surface area (Å²) in [6.45, 7) is 9.00. The van der Waals surface area contributed by atoms with Crippen molar-refractivity contribution < 1.29 is 9.90 Å². The minimum Gasteiger partial charge on any atom is -0.481 e. The number of carboxylic acids is 1. The summed E-state index contributed by atoms with van der Waals surface area (Å²) in [4.78, 5) is 19.3. The number of hydrogen-bond donors (Lipinski definition) is 2. The van der Waals surface area contributed by atoms with Crippen molar-refractivity contribution in [3.05, 3.63) is 18.1 Å². The van der Waals surface area contributed by atoms with Crippen LogP contribution in [0.1, 0.15) is 52.1 Å². The molecule has 0 bridgehead atoms. The Bertz CT molecular complexity index is 433. The topological polar surface area (TPSA) is 75.1 Å². The van der Waals surface area contributed by atoms with E-state index >= 15 is 0 Å². The van der Waals surface area contributed by atoms with Gasteiger partial charge < -0.3 is 10.4 Å². The molecular weight excluding hydrogens is 254 g/mol. The molecule has 0 aliphatic carbocycles. The van der Waals surface area contributed by atoms with Crippen LogP contribution in [0.2, 0.25) is 0 Å². The van der Waals surface area contributed by atoms with E-state index in [2.05, 4.69) is 43.0 Å². The summed E-state index contributed by atoms with van der Waals surface area (Å²) in [7, 11) is 0. The van der Waals surface area contributed by atoms with Gasteiger partial charge in [-0.2, -0.15) is 0 Å². The first-order valence-electron chi connectivity index (χ1n) is 7.16. The molecule has 0 aromatic carbocycles. The largest absolute Gasteiger partial charge is 0.481 e. The van der Waals surface area contributed by atoms with Crippen molar-refractivity contribution in [2.45, 2.75) is 46.5 Å². The molecule has 0 amide bonds. The van der Waals surface area contributed by atoms with E-state index in [-0.39, 0.29) is 12.3 Å². The highest BCUT2D eigenvalue weighted by molar-refractivity contribution is 5.67. The average molecular weight is 279 g/mol. The molecule has 1 aromatic rings.